The quantitative estimate of drug-likeness (QED) is 0.898. The maximum Gasteiger partial charge on any atom is 0.228 e. The van der Waals surface area contributed by atoms with E-state index in [9.17, 15) is 4.79 Å². The lowest BCUT2D eigenvalue weighted by Gasteiger charge is -2.37. The van der Waals surface area contributed by atoms with Crippen molar-refractivity contribution < 1.29 is 9.90 Å². The van der Waals surface area contributed by atoms with Gasteiger partial charge in [-0.2, -0.15) is 0 Å². The average molecular weight is 279 g/mol. The Morgan fingerprint density at radius 2 is 2.42 bits per heavy atom. The van der Waals surface area contributed by atoms with Gasteiger partial charge in [-0.25, -0.2) is 4.98 Å². The molecule has 0 unspecified atom stereocenters. The molecule has 102 valence electrons. The van der Waals surface area contributed by atoms with Crippen LogP contribution in [0.4, 0.5) is 0 Å². The fourth-order valence-electron chi connectivity index (χ4n) is 2.43. The van der Waals surface area contributed by atoms with E-state index in [4.69, 9.17) is 5.11 Å². The minimum absolute atomic E-state index is 0.0283. The third-order valence-electron chi connectivity index (χ3n) is 3.65. The highest BCUT2D eigenvalue weighted by Crippen LogP contribution is 2.25. The Hall–Kier alpha value is -1.40. The van der Waals surface area contributed by atoms with E-state index in [2.05, 4.69) is 4.98 Å². The molecular weight excluding hydrogens is 262 g/mol. The highest BCUT2D eigenvalue weighted by atomic mass is 32.1. The molecule has 1 aliphatic carbocycles. The number of thiazole rings is 1. The van der Waals surface area contributed by atoms with Gasteiger partial charge < -0.3 is 10.0 Å². The van der Waals surface area contributed by atoms with E-state index in [-0.39, 0.29) is 12.5 Å². The highest BCUT2D eigenvalue weighted by Gasteiger charge is 2.28. The topological polar surface area (TPSA) is 57.8 Å². The number of hydrogen-bond donors (Lipinski definition) is 1. The maximum atomic E-state index is 12.3. The summed E-state index contributed by atoms with van der Waals surface area (Å²) in [5.74, 6) is 0.0736. The van der Waals surface area contributed by atoms with Crippen LogP contribution < -0.4 is 0 Å². The molecule has 0 bridgehead atoms. The molecule has 19 heavy (non-hydrogen) atoms. The largest absolute Gasteiger partial charge is 0.395 e. The van der Waals surface area contributed by atoms with Gasteiger partial charge in [-0.05, 0) is 19.3 Å². The number of aromatic nitrogens is 2. The second kappa shape index (κ2) is 5.30. The van der Waals surface area contributed by atoms with Crippen LogP contribution in [0.2, 0.25) is 0 Å². The first-order chi connectivity index (χ1) is 9.28. The molecule has 1 saturated carbocycles. The van der Waals surface area contributed by atoms with Gasteiger partial charge >= 0.3 is 0 Å². The molecule has 3 rings (SSSR count). The summed E-state index contributed by atoms with van der Waals surface area (Å²) in [6.45, 7) is 0.465. The molecule has 6 heteroatoms. The minimum atomic E-state index is 0.0283. The first-order valence-electron chi connectivity index (χ1n) is 6.59. The Bertz CT molecular complexity index is 545. The van der Waals surface area contributed by atoms with Gasteiger partial charge in [-0.1, -0.05) is 0 Å². The fraction of sp³-hybridized carbons (Fsp3) is 0.538. The monoisotopic (exact) mass is 279 g/mol. The van der Waals surface area contributed by atoms with Gasteiger partial charge in [0, 0.05) is 30.4 Å². The number of aliphatic hydroxyl groups is 1. The van der Waals surface area contributed by atoms with Crippen molar-refractivity contribution in [2.24, 2.45) is 0 Å². The summed E-state index contributed by atoms with van der Waals surface area (Å²) in [6, 6.07) is 0.323. The molecule has 1 fully saturated rings. The number of nitrogens with zero attached hydrogens (tertiary/aromatic N) is 3. The van der Waals surface area contributed by atoms with Crippen molar-refractivity contribution in [2.45, 2.75) is 31.7 Å². The van der Waals surface area contributed by atoms with E-state index in [1.54, 1.807) is 11.3 Å². The normalized spacial score (nSPS) is 15.6. The molecule has 0 saturated heterocycles. The SMILES string of the molecule is O=C(Cc1cn2ccsc2n1)N(CCO)C1CCC1. The Morgan fingerprint density at radius 3 is 3.05 bits per heavy atom. The van der Waals surface area contributed by atoms with Gasteiger partial charge in [0.15, 0.2) is 4.96 Å². The van der Waals surface area contributed by atoms with Crippen LogP contribution >= 0.6 is 11.3 Å². The predicted molar refractivity (Wildman–Crippen MR) is 73.2 cm³/mol. The van der Waals surface area contributed by atoms with Crippen LogP contribution in [-0.2, 0) is 11.2 Å². The lowest BCUT2D eigenvalue weighted by atomic mass is 9.91. The molecule has 1 N–H and O–H groups in total. The Kier molecular flexibility index (Phi) is 3.52. The molecule has 1 amide bonds. The molecule has 2 aromatic heterocycles. The average Bonchev–Trinajstić information content (AvgIpc) is 2.86. The van der Waals surface area contributed by atoms with Crippen LogP contribution in [0.5, 0.6) is 0 Å². The van der Waals surface area contributed by atoms with Crippen LogP contribution in [-0.4, -0.2) is 44.5 Å². The number of carbonyl (C=O) groups is 1. The Morgan fingerprint density at radius 1 is 1.58 bits per heavy atom. The van der Waals surface area contributed by atoms with Gasteiger partial charge in [-0.15, -0.1) is 11.3 Å². The molecule has 0 aromatic carbocycles. The van der Waals surface area contributed by atoms with E-state index in [1.165, 1.54) is 6.42 Å². The first-order valence-corrected chi connectivity index (χ1v) is 7.47. The Balaban J connectivity index is 1.69. The van der Waals surface area contributed by atoms with Crippen molar-refractivity contribution in [1.82, 2.24) is 14.3 Å². The number of aliphatic hydroxyl groups excluding tert-OH is 1. The summed E-state index contributed by atoms with van der Waals surface area (Å²) >= 11 is 1.56. The molecule has 2 heterocycles. The van der Waals surface area contributed by atoms with Crippen molar-refractivity contribution in [3.05, 3.63) is 23.5 Å². The summed E-state index contributed by atoms with van der Waals surface area (Å²) in [4.78, 5) is 19.5. The van der Waals surface area contributed by atoms with E-state index in [1.807, 2.05) is 27.1 Å². The lowest BCUT2D eigenvalue weighted by molar-refractivity contribution is -0.135. The van der Waals surface area contributed by atoms with Gasteiger partial charge in [-0.3, -0.25) is 9.20 Å². The van der Waals surface area contributed by atoms with E-state index in [0.717, 1.165) is 23.5 Å². The number of rotatable bonds is 5. The fourth-order valence-corrected chi connectivity index (χ4v) is 3.15. The summed E-state index contributed by atoms with van der Waals surface area (Å²) in [7, 11) is 0. The number of fused-ring (bicyclic) bond motifs is 1. The molecule has 0 aliphatic heterocycles. The molecule has 1 aliphatic rings. The van der Waals surface area contributed by atoms with Gasteiger partial charge in [0.1, 0.15) is 0 Å². The van der Waals surface area contributed by atoms with Crippen molar-refractivity contribution >= 4 is 22.2 Å². The third kappa shape index (κ3) is 2.50. The van der Waals surface area contributed by atoms with Gasteiger partial charge in [0.05, 0.1) is 18.7 Å². The van der Waals surface area contributed by atoms with E-state index in [0.29, 0.717) is 19.0 Å². The zero-order valence-corrected chi connectivity index (χ0v) is 11.5. The van der Waals surface area contributed by atoms with Crippen molar-refractivity contribution in [1.29, 1.82) is 0 Å². The number of hydrogen-bond acceptors (Lipinski definition) is 4. The van der Waals surface area contributed by atoms with Gasteiger partial charge in [0.25, 0.3) is 0 Å². The van der Waals surface area contributed by atoms with E-state index < -0.39 is 0 Å². The summed E-state index contributed by atoms with van der Waals surface area (Å²) in [5, 5.41) is 11.1. The maximum absolute atomic E-state index is 12.3. The second-order valence-electron chi connectivity index (χ2n) is 4.90. The predicted octanol–water partition coefficient (Wildman–Crippen LogP) is 1.31. The molecule has 0 atom stereocenters. The lowest BCUT2D eigenvalue weighted by Crippen LogP contribution is -2.46. The highest BCUT2D eigenvalue weighted by molar-refractivity contribution is 7.15. The van der Waals surface area contributed by atoms with Crippen molar-refractivity contribution in [2.75, 3.05) is 13.2 Å². The van der Waals surface area contributed by atoms with Crippen molar-refractivity contribution in [3.63, 3.8) is 0 Å². The molecular formula is C13H17N3O2S. The second-order valence-corrected chi connectivity index (χ2v) is 5.77. The van der Waals surface area contributed by atoms with Crippen LogP contribution in [0.15, 0.2) is 17.8 Å². The Labute approximate surface area is 115 Å². The third-order valence-corrected chi connectivity index (χ3v) is 4.42. The molecule has 0 radical (unpaired) electrons. The summed E-state index contributed by atoms with van der Waals surface area (Å²) < 4.78 is 1.94. The van der Waals surface area contributed by atoms with Crippen LogP contribution in [0.1, 0.15) is 25.0 Å². The van der Waals surface area contributed by atoms with E-state index >= 15 is 0 Å². The first kappa shape index (κ1) is 12.6. The standard InChI is InChI=1S/C13H17N3O2S/c17-6-4-16(11-2-1-3-11)12(18)8-10-9-15-5-7-19-13(15)14-10/h5,7,9,11,17H,1-4,6,8H2. The number of imidazole rings is 1. The number of amides is 1. The zero-order chi connectivity index (χ0) is 13.2. The van der Waals surface area contributed by atoms with Crippen LogP contribution in [0, 0.1) is 0 Å². The minimum Gasteiger partial charge on any atom is -0.395 e. The summed E-state index contributed by atoms with van der Waals surface area (Å²) in [6.07, 6.45) is 7.47. The van der Waals surface area contributed by atoms with Crippen LogP contribution in [0.25, 0.3) is 4.96 Å². The smallest absolute Gasteiger partial charge is 0.228 e. The van der Waals surface area contributed by atoms with Crippen molar-refractivity contribution in [3.8, 4) is 0 Å². The zero-order valence-electron chi connectivity index (χ0n) is 10.7. The van der Waals surface area contributed by atoms with Gasteiger partial charge in [0.2, 0.25) is 5.91 Å². The number of carbonyl (C=O) groups excluding carboxylic acids is 1. The van der Waals surface area contributed by atoms with Crippen LogP contribution in [0.3, 0.4) is 0 Å². The summed E-state index contributed by atoms with van der Waals surface area (Å²) in [5.41, 5.74) is 0.805. The molecule has 5 nitrogen and oxygen atoms in total. The molecule has 0 spiro atoms. The molecule has 2 aromatic rings.